The maximum absolute atomic E-state index is 5.78. The molecule has 0 unspecified atom stereocenters. The topological polar surface area (TPSA) is 35.3 Å². The molecule has 0 fully saturated rings. The molecule has 0 bridgehead atoms. The first-order valence-corrected chi connectivity index (χ1v) is 8.59. The van der Waals surface area contributed by atoms with E-state index < -0.39 is 0 Å². The number of rotatable bonds is 7. The van der Waals surface area contributed by atoms with Crippen LogP contribution in [0.15, 0.2) is 59.0 Å². The van der Waals surface area contributed by atoms with Crippen molar-refractivity contribution in [3.05, 3.63) is 71.6 Å². The zero-order valence-electron chi connectivity index (χ0n) is 13.7. The minimum absolute atomic E-state index is 0.523. The molecule has 24 heavy (non-hydrogen) atoms. The van der Waals surface area contributed by atoms with Crippen molar-refractivity contribution in [2.75, 3.05) is 6.61 Å². The summed E-state index contributed by atoms with van der Waals surface area (Å²) in [7, 11) is 0. The molecule has 0 atom stereocenters. The lowest BCUT2D eigenvalue weighted by Crippen LogP contribution is -2.00. The standard InChI is InChI=1S/C20H20ClNO2/c1-15-19(22-20(24-15)17-6-3-2-4-7-17)8-5-13-23-18-11-9-16(14-21)10-12-18/h2-4,6-7,9-12H,5,8,13-14H2,1H3. The first-order valence-electron chi connectivity index (χ1n) is 8.05. The highest BCUT2D eigenvalue weighted by atomic mass is 35.5. The van der Waals surface area contributed by atoms with E-state index >= 15 is 0 Å². The van der Waals surface area contributed by atoms with E-state index in [1.807, 2.05) is 61.5 Å². The first-order chi connectivity index (χ1) is 11.8. The summed E-state index contributed by atoms with van der Waals surface area (Å²) in [6, 6.07) is 17.8. The number of aryl methyl sites for hydroxylation is 2. The van der Waals surface area contributed by atoms with E-state index in [0.29, 0.717) is 18.4 Å². The first kappa shape index (κ1) is 16.6. The summed E-state index contributed by atoms with van der Waals surface area (Å²) in [6.45, 7) is 2.60. The Morgan fingerprint density at radius 1 is 1.04 bits per heavy atom. The average molecular weight is 342 g/mol. The Morgan fingerprint density at radius 3 is 2.50 bits per heavy atom. The number of hydrogen-bond acceptors (Lipinski definition) is 3. The zero-order chi connectivity index (χ0) is 16.8. The Kier molecular flexibility index (Phi) is 5.55. The normalized spacial score (nSPS) is 10.8. The fourth-order valence-corrected chi connectivity index (χ4v) is 2.65. The highest BCUT2D eigenvalue weighted by Gasteiger charge is 2.10. The van der Waals surface area contributed by atoms with Gasteiger partial charge in [0, 0.05) is 11.4 Å². The van der Waals surface area contributed by atoms with Crippen molar-refractivity contribution in [2.45, 2.75) is 25.6 Å². The third-order valence-electron chi connectivity index (χ3n) is 3.82. The number of hydrogen-bond donors (Lipinski definition) is 0. The van der Waals surface area contributed by atoms with Crippen LogP contribution >= 0.6 is 11.6 Å². The van der Waals surface area contributed by atoms with Crippen LogP contribution < -0.4 is 4.74 Å². The smallest absolute Gasteiger partial charge is 0.226 e. The van der Waals surface area contributed by atoms with Crippen LogP contribution in [0.4, 0.5) is 0 Å². The predicted octanol–water partition coefficient (Wildman–Crippen LogP) is 5.40. The minimum atomic E-state index is 0.523. The van der Waals surface area contributed by atoms with Gasteiger partial charge < -0.3 is 9.15 Å². The number of oxazole rings is 1. The molecule has 3 rings (SSSR count). The highest BCUT2D eigenvalue weighted by molar-refractivity contribution is 6.17. The van der Waals surface area contributed by atoms with Crippen LogP contribution in [-0.2, 0) is 12.3 Å². The Balaban J connectivity index is 1.52. The second-order valence-electron chi connectivity index (χ2n) is 5.62. The maximum atomic E-state index is 5.78. The van der Waals surface area contributed by atoms with Crippen LogP contribution in [0.1, 0.15) is 23.4 Å². The van der Waals surface area contributed by atoms with Crippen molar-refractivity contribution >= 4 is 11.6 Å². The summed E-state index contributed by atoms with van der Waals surface area (Å²) in [5.41, 5.74) is 3.09. The molecule has 2 aromatic carbocycles. The Morgan fingerprint density at radius 2 is 1.79 bits per heavy atom. The van der Waals surface area contributed by atoms with E-state index in [1.54, 1.807) is 0 Å². The van der Waals surface area contributed by atoms with Crippen LogP contribution in [0.2, 0.25) is 0 Å². The third kappa shape index (κ3) is 4.18. The number of halogens is 1. The molecule has 3 nitrogen and oxygen atoms in total. The van der Waals surface area contributed by atoms with Gasteiger partial charge in [-0.15, -0.1) is 11.6 Å². The Labute approximate surface area is 147 Å². The lowest BCUT2D eigenvalue weighted by atomic mass is 10.2. The molecule has 0 aliphatic rings. The SMILES string of the molecule is Cc1oc(-c2ccccc2)nc1CCCOc1ccc(CCl)cc1. The van der Waals surface area contributed by atoms with Gasteiger partial charge in [-0.3, -0.25) is 0 Å². The van der Waals surface area contributed by atoms with E-state index in [9.17, 15) is 0 Å². The molecular weight excluding hydrogens is 322 g/mol. The van der Waals surface area contributed by atoms with Crippen molar-refractivity contribution in [2.24, 2.45) is 0 Å². The molecule has 0 saturated heterocycles. The Bertz CT molecular complexity index is 766. The van der Waals surface area contributed by atoms with E-state index in [0.717, 1.165) is 41.2 Å². The predicted molar refractivity (Wildman–Crippen MR) is 96.5 cm³/mol. The van der Waals surface area contributed by atoms with E-state index in [4.69, 9.17) is 20.8 Å². The van der Waals surface area contributed by atoms with Gasteiger partial charge in [-0.1, -0.05) is 30.3 Å². The maximum Gasteiger partial charge on any atom is 0.226 e. The molecule has 3 aromatic rings. The fourth-order valence-electron chi connectivity index (χ4n) is 2.47. The molecule has 0 saturated carbocycles. The molecule has 0 N–H and O–H groups in total. The third-order valence-corrected chi connectivity index (χ3v) is 4.13. The van der Waals surface area contributed by atoms with Gasteiger partial charge in [0.1, 0.15) is 11.5 Å². The molecule has 0 amide bonds. The van der Waals surface area contributed by atoms with Gasteiger partial charge in [0.05, 0.1) is 12.3 Å². The minimum Gasteiger partial charge on any atom is -0.494 e. The number of aromatic nitrogens is 1. The second-order valence-corrected chi connectivity index (χ2v) is 5.88. The summed E-state index contributed by atoms with van der Waals surface area (Å²) in [6.07, 6.45) is 1.72. The van der Waals surface area contributed by atoms with Gasteiger partial charge in [0.15, 0.2) is 0 Å². The number of benzene rings is 2. The quantitative estimate of drug-likeness (QED) is 0.426. The van der Waals surface area contributed by atoms with Gasteiger partial charge in [-0.25, -0.2) is 4.98 Å². The molecule has 0 radical (unpaired) electrons. The molecule has 0 aliphatic heterocycles. The second kappa shape index (κ2) is 8.02. The molecule has 0 spiro atoms. The Hall–Kier alpha value is -2.26. The highest BCUT2D eigenvalue weighted by Crippen LogP contribution is 2.22. The number of alkyl halides is 1. The zero-order valence-corrected chi connectivity index (χ0v) is 14.4. The summed E-state index contributed by atoms with van der Waals surface area (Å²) in [5, 5.41) is 0. The van der Waals surface area contributed by atoms with Gasteiger partial charge in [-0.05, 0) is 49.6 Å². The molecular formula is C20H20ClNO2. The van der Waals surface area contributed by atoms with Gasteiger partial charge in [-0.2, -0.15) is 0 Å². The molecule has 1 heterocycles. The van der Waals surface area contributed by atoms with Crippen molar-refractivity contribution in [1.82, 2.24) is 4.98 Å². The summed E-state index contributed by atoms with van der Waals surface area (Å²) in [5.74, 6) is 2.95. The van der Waals surface area contributed by atoms with E-state index in [1.165, 1.54) is 0 Å². The van der Waals surface area contributed by atoms with Crippen LogP contribution in [-0.4, -0.2) is 11.6 Å². The van der Waals surface area contributed by atoms with Crippen LogP contribution in [0.25, 0.3) is 11.5 Å². The molecule has 1 aromatic heterocycles. The largest absolute Gasteiger partial charge is 0.494 e. The van der Waals surface area contributed by atoms with Gasteiger partial charge >= 0.3 is 0 Å². The lowest BCUT2D eigenvalue weighted by molar-refractivity contribution is 0.310. The van der Waals surface area contributed by atoms with Crippen LogP contribution in [0.3, 0.4) is 0 Å². The molecule has 124 valence electrons. The van der Waals surface area contributed by atoms with Crippen LogP contribution in [0, 0.1) is 6.92 Å². The van der Waals surface area contributed by atoms with Crippen molar-refractivity contribution in [1.29, 1.82) is 0 Å². The number of nitrogens with zero attached hydrogens (tertiary/aromatic N) is 1. The van der Waals surface area contributed by atoms with E-state index in [2.05, 4.69) is 4.98 Å². The van der Waals surface area contributed by atoms with Crippen molar-refractivity contribution in [3.8, 4) is 17.2 Å². The monoisotopic (exact) mass is 341 g/mol. The van der Waals surface area contributed by atoms with E-state index in [-0.39, 0.29) is 0 Å². The van der Waals surface area contributed by atoms with Gasteiger partial charge in [0.2, 0.25) is 5.89 Å². The molecule has 0 aliphatic carbocycles. The molecule has 4 heteroatoms. The van der Waals surface area contributed by atoms with Crippen molar-refractivity contribution < 1.29 is 9.15 Å². The number of ether oxygens (including phenoxy) is 1. The van der Waals surface area contributed by atoms with Gasteiger partial charge in [0.25, 0.3) is 0 Å². The fraction of sp³-hybridized carbons (Fsp3) is 0.250. The van der Waals surface area contributed by atoms with Crippen molar-refractivity contribution in [3.63, 3.8) is 0 Å². The summed E-state index contributed by atoms with van der Waals surface area (Å²) >= 11 is 5.78. The van der Waals surface area contributed by atoms with Crippen LogP contribution in [0.5, 0.6) is 5.75 Å². The average Bonchev–Trinajstić information content (AvgIpc) is 3.01. The summed E-state index contributed by atoms with van der Waals surface area (Å²) < 4.78 is 11.5. The lowest BCUT2D eigenvalue weighted by Gasteiger charge is -2.06. The summed E-state index contributed by atoms with van der Waals surface area (Å²) in [4.78, 5) is 4.61.